The van der Waals surface area contributed by atoms with Crippen molar-refractivity contribution in [1.29, 1.82) is 0 Å². The number of hydrogen-bond donors (Lipinski definition) is 1. The maximum atomic E-state index is 11.9. The predicted octanol–water partition coefficient (Wildman–Crippen LogP) is 1.28. The molecule has 0 aromatic carbocycles. The van der Waals surface area contributed by atoms with E-state index in [1.807, 2.05) is 0 Å². The summed E-state index contributed by atoms with van der Waals surface area (Å²) >= 11 is 0. The molecule has 0 bridgehead atoms. The van der Waals surface area contributed by atoms with E-state index >= 15 is 0 Å². The molecule has 0 aromatic heterocycles. The molecule has 20 heavy (non-hydrogen) atoms. The summed E-state index contributed by atoms with van der Waals surface area (Å²) in [7, 11) is 0. The Labute approximate surface area is 113 Å². The van der Waals surface area contributed by atoms with Gasteiger partial charge in [0.25, 0.3) is 0 Å². The van der Waals surface area contributed by atoms with Crippen LogP contribution in [-0.4, -0.2) is 54.4 Å². The van der Waals surface area contributed by atoms with Crippen molar-refractivity contribution < 1.29 is 32.6 Å². The van der Waals surface area contributed by atoms with Gasteiger partial charge in [-0.2, -0.15) is 13.2 Å². The van der Waals surface area contributed by atoms with Gasteiger partial charge in [0.2, 0.25) is 5.91 Å². The fourth-order valence-corrected chi connectivity index (χ4v) is 2.80. The fraction of sp³-hybridized carbons (Fsp3) is 0.833. The summed E-state index contributed by atoms with van der Waals surface area (Å²) in [5.41, 5.74) is -0.199. The fourth-order valence-electron chi connectivity index (χ4n) is 2.80. The van der Waals surface area contributed by atoms with Crippen LogP contribution >= 0.6 is 0 Å². The lowest BCUT2D eigenvalue weighted by Crippen LogP contribution is -2.42. The molecular weight excluding hydrogens is 279 g/mol. The van der Waals surface area contributed by atoms with Crippen molar-refractivity contribution in [2.24, 2.45) is 11.3 Å². The van der Waals surface area contributed by atoms with Gasteiger partial charge in [-0.3, -0.25) is 9.59 Å². The number of carboxylic acids is 1. The van der Waals surface area contributed by atoms with E-state index in [-0.39, 0.29) is 11.3 Å². The first-order chi connectivity index (χ1) is 9.23. The molecule has 0 radical (unpaired) electrons. The normalized spacial score (nSPS) is 24.8. The molecule has 2 fully saturated rings. The third-order valence-corrected chi connectivity index (χ3v) is 4.09. The van der Waals surface area contributed by atoms with Gasteiger partial charge < -0.3 is 14.7 Å². The number of halogens is 3. The second-order valence-corrected chi connectivity index (χ2v) is 5.45. The number of amides is 1. The molecule has 2 aliphatic rings. The van der Waals surface area contributed by atoms with E-state index in [2.05, 4.69) is 4.74 Å². The minimum atomic E-state index is -4.44. The van der Waals surface area contributed by atoms with Gasteiger partial charge >= 0.3 is 12.1 Å². The van der Waals surface area contributed by atoms with Crippen molar-refractivity contribution in [3.63, 3.8) is 0 Å². The van der Waals surface area contributed by atoms with Crippen LogP contribution in [0, 0.1) is 11.3 Å². The number of nitrogens with zero attached hydrogens (tertiary/aromatic N) is 1. The van der Waals surface area contributed by atoms with Crippen LogP contribution in [0.3, 0.4) is 0 Å². The number of rotatable bonds is 4. The molecule has 1 aliphatic carbocycles. The van der Waals surface area contributed by atoms with E-state index in [1.165, 1.54) is 4.90 Å². The lowest BCUT2D eigenvalue weighted by Gasteiger charge is -2.32. The Morgan fingerprint density at radius 2 is 1.90 bits per heavy atom. The molecule has 1 unspecified atom stereocenters. The predicted molar refractivity (Wildman–Crippen MR) is 60.9 cm³/mol. The Morgan fingerprint density at radius 1 is 1.30 bits per heavy atom. The van der Waals surface area contributed by atoms with E-state index in [0.717, 1.165) is 0 Å². The largest absolute Gasteiger partial charge is 0.481 e. The highest BCUT2D eigenvalue weighted by atomic mass is 19.4. The average Bonchev–Trinajstić information content (AvgIpc) is 3.02. The van der Waals surface area contributed by atoms with Gasteiger partial charge in [0, 0.05) is 13.1 Å². The standard InChI is InChI=1S/C12H16F3NO4/c13-12(14,15)7-20-6-9(17)16-3-1-11(2-4-16)5-8(11)10(18)19/h8H,1-7H2,(H,18,19). The maximum Gasteiger partial charge on any atom is 0.411 e. The van der Waals surface area contributed by atoms with Crippen molar-refractivity contribution >= 4 is 11.9 Å². The highest BCUT2D eigenvalue weighted by Crippen LogP contribution is 2.59. The summed E-state index contributed by atoms with van der Waals surface area (Å²) in [4.78, 5) is 24.0. The van der Waals surface area contributed by atoms with Gasteiger partial charge in [-0.15, -0.1) is 0 Å². The summed E-state index contributed by atoms with van der Waals surface area (Å²) in [5.74, 6) is -1.61. The van der Waals surface area contributed by atoms with Crippen molar-refractivity contribution in [3.8, 4) is 0 Å². The minimum Gasteiger partial charge on any atom is -0.481 e. The second kappa shape index (κ2) is 5.23. The molecule has 1 saturated carbocycles. The van der Waals surface area contributed by atoms with E-state index in [9.17, 15) is 22.8 Å². The van der Waals surface area contributed by atoms with E-state index < -0.39 is 31.3 Å². The van der Waals surface area contributed by atoms with Crippen LogP contribution in [0.5, 0.6) is 0 Å². The first-order valence-electron chi connectivity index (χ1n) is 6.39. The molecule has 2 rings (SSSR count). The van der Waals surface area contributed by atoms with Crippen LogP contribution in [0.4, 0.5) is 13.2 Å². The zero-order chi connectivity index (χ0) is 15.0. The molecule has 1 amide bonds. The van der Waals surface area contributed by atoms with Crippen molar-refractivity contribution in [1.82, 2.24) is 4.90 Å². The lowest BCUT2D eigenvalue weighted by atomic mass is 9.91. The van der Waals surface area contributed by atoms with Crippen LogP contribution in [0.1, 0.15) is 19.3 Å². The number of aliphatic carboxylic acids is 1. The first kappa shape index (κ1) is 15.1. The lowest BCUT2D eigenvalue weighted by molar-refractivity contribution is -0.178. The van der Waals surface area contributed by atoms with E-state index in [4.69, 9.17) is 5.11 Å². The smallest absolute Gasteiger partial charge is 0.411 e. The number of alkyl halides is 3. The summed E-state index contributed by atoms with van der Waals surface area (Å²) in [6.45, 7) is -1.25. The molecule has 1 heterocycles. The van der Waals surface area contributed by atoms with Crippen LogP contribution < -0.4 is 0 Å². The van der Waals surface area contributed by atoms with Crippen molar-refractivity contribution in [2.75, 3.05) is 26.3 Å². The summed E-state index contributed by atoms with van der Waals surface area (Å²) < 4.78 is 39.9. The Balaban J connectivity index is 1.72. The topological polar surface area (TPSA) is 66.8 Å². The molecule has 1 spiro atoms. The molecule has 5 nitrogen and oxygen atoms in total. The van der Waals surface area contributed by atoms with Gasteiger partial charge in [0.05, 0.1) is 5.92 Å². The molecule has 1 aliphatic heterocycles. The SMILES string of the molecule is O=C(O)C1CC12CCN(C(=O)COCC(F)(F)F)CC2. The quantitative estimate of drug-likeness (QED) is 0.848. The third kappa shape index (κ3) is 3.41. The molecule has 114 valence electrons. The van der Waals surface area contributed by atoms with E-state index in [0.29, 0.717) is 32.4 Å². The van der Waals surface area contributed by atoms with Gasteiger partial charge in [0.15, 0.2) is 0 Å². The molecule has 1 N–H and O–H groups in total. The van der Waals surface area contributed by atoms with Gasteiger partial charge in [0.1, 0.15) is 13.2 Å². The highest BCUT2D eigenvalue weighted by molar-refractivity contribution is 5.78. The van der Waals surface area contributed by atoms with Crippen molar-refractivity contribution in [3.05, 3.63) is 0 Å². The first-order valence-corrected chi connectivity index (χ1v) is 6.39. The molecule has 1 atom stereocenters. The summed E-state index contributed by atoms with van der Waals surface area (Å²) in [5, 5.41) is 8.93. The van der Waals surface area contributed by atoms with Gasteiger partial charge in [-0.05, 0) is 24.7 Å². The number of hydrogen-bond acceptors (Lipinski definition) is 3. The van der Waals surface area contributed by atoms with Crippen molar-refractivity contribution in [2.45, 2.75) is 25.4 Å². The summed E-state index contributed by atoms with van der Waals surface area (Å²) in [6.07, 6.45) is -2.62. The Hall–Kier alpha value is -1.31. The van der Waals surface area contributed by atoms with Gasteiger partial charge in [-0.1, -0.05) is 0 Å². The molecule has 1 saturated heterocycles. The van der Waals surface area contributed by atoms with E-state index in [1.54, 1.807) is 0 Å². The number of likely N-dealkylation sites (tertiary alicyclic amines) is 1. The van der Waals surface area contributed by atoms with Crippen LogP contribution in [0.25, 0.3) is 0 Å². The Morgan fingerprint density at radius 3 is 2.35 bits per heavy atom. The number of piperidine rings is 1. The third-order valence-electron chi connectivity index (χ3n) is 4.09. The monoisotopic (exact) mass is 295 g/mol. The number of ether oxygens (including phenoxy) is 1. The zero-order valence-electron chi connectivity index (χ0n) is 10.8. The second-order valence-electron chi connectivity index (χ2n) is 5.45. The molecule has 8 heteroatoms. The number of carbonyl (C=O) groups is 2. The summed E-state index contributed by atoms with van der Waals surface area (Å²) in [6, 6.07) is 0. The Bertz CT molecular complexity index is 402. The number of carboxylic acid groups (broad SMARTS) is 1. The van der Waals surface area contributed by atoms with Crippen LogP contribution in [-0.2, 0) is 14.3 Å². The van der Waals surface area contributed by atoms with Crippen LogP contribution in [0.15, 0.2) is 0 Å². The van der Waals surface area contributed by atoms with Gasteiger partial charge in [-0.25, -0.2) is 0 Å². The Kier molecular flexibility index (Phi) is 3.95. The average molecular weight is 295 g/mol. The maximum absolute atomic E-state index is 11.9. The molecular formula is C12H16F3NO4. The number of carbonyl (C=O) groups excluding carboxylic acids is 1. The van der Waals surface area contributed by atoms with Crippen LogP contribution in [0.2, 0.25) is 0 Å². The zero-order valence-corrected chi connectivity index (χ0v) is 10.8. The molecule has 0 aromatic rings. The minimum absolute atomic E-state index is 0.199. The highest BCUT2D eigenvalue weighted by Gasteiger charge is 2.59.